The van der Waals surface area contributed by atoms with Gasteiger partial charge in [-0.25, -0.2) is 4.79 Å². The lowest BCUT2D eigenvalue weighted by atomic mass is 9.77. The smallest absolute Gasteiger partial charge is 0.331 e. The summed E-state index contributed by atoms with van der Waals surface area (Å²) in [5.74, 6) is -0.261. The monoisotopic (exact) mass is 354 g/mol. The molecule has 1 aliphatic carbocycles. The van der Waals surface area contributed by atoms with Gasteiger partial charge in [0.1, 0.15) is 5.60 Å². The third-order valence-corrected chi connectivity index (χ3v) is 6.36. The van der Waals surface area contributed by atoms with E-state index in [0.29, 0.717) is 6.42 Å². The maximum atomic E-state index is 12.5. The standard InChI is InChI=1S/C22H26O4/c1-14-9-11-16-19(14)20(21(2)13-17(23)22(16,3)26-21)25-18(24)12-10-15-7-5-4-6-8-15/h4-8,10,12,16-17,20,23H,9,11,13H2,1-3H3/b12-10+. The first kappa shape index (κ1) is 17.5. The maximum absolute atomic E-state index is 12.5. The number of aliphatic hydroxyl groups excluding tert-OH is 1. The molecule has 2 saturated heterocycles. The Hall–Kier alpha value is -1.91. The minimum absolute atomic E-state index is 0.115. The molecule has 2 bridgehead atoms. The molecule has 2 fully saturated rings. The van der Waals surface area contributed by atoms with Crippen LogP contribution in [0.5, 0.6) is 0 Å². The molecular formula is C22H26O4. The minimum Gasteiger partial charge on any atom is -0.452 e. The van der Waals surface area contributed by atoms with Crippen LogP contribution in [0.1, 0.15) is 45.6 Å². The van der Waals surface area contributed by atoms with Gasteiger partial charge in [-0.2, -0.15) is 0 Å². The number of aliphatic hydroxyl groups is 1. The van der Waals surface area contributed by atoms with Crippen LogP contribution in [0.4, 0.5) is 0 Å². The molecule has 0 spiro atoms. The first-order valence-corrected chi connectivity index (χ1v) is 9.35. The quantitative estimate of drug-likeness (QED) is 0.511. The van der Waals surface area contributed by atoms with Gasteiger partial charge in [0.15, 0.2) is 6.10 Å². The zero-order chi connectivity index (χ0) is 18.5. The van der Waals surface area contributed by atoms with E-state index >= 15 is 0 Å². The van der Waals surface area contributed by atoms with Gasteiger partial charge < -0.3 is 14.6 Å². The highest BCUT2D eigenvalue weighted by Gasteiger charge is 2.65. The van der Waals surface area contributed by atoms with Crippen LogP contribution in [-0.4, -0.2) is 34.5 Å². The summed E-state index contributed by atoms with van der Waals surface area (Å²) in [6.07, 6.45) is 4.65. The number of benzene rings is 1. The summed E-state index contributed by atoms with van der Waals surface area (Å²) in [6.45, 7) is 6.06. The summed E-state index contributed by atoms with van der Waals surface area (Å²) in [5, 5.41) is 10.7. The van der Waals surface area contributed by atoms with Crippen LogP contribution in [0.2, 0.25) is 0 Å². The Bertz CT molecular complexity index is 781. The number of carbonyl (C=O) groups is 1. The summed E-state index contributed by atoms with van der Waals surface area (Å²) in [4.78, 5) is 12.5. The molecule has 2 aliphatic heterocycles. The molecule has 5 unspecified atom stereocenters. The van der Waals surface area contributed by atoms with Crippen molar-refractivity contribution in [1.29, 1.82) is 0 Å². The molecule has 1 aromatic rings. The van der Waals surface area contributed by atoms with Gasteiger partial charge in [-0.05, 0) is 50.8 Å². The highest BCUT2D eigenvalue weighted by atomic mass is 16.6. The van der Waals surface area contributed by atoms with Gasteiger partial charge in [-0.3, -0.25) is 0 Å². The highest BCUT2D eigenvalue weighted by Crippen LogP contribution is 2.58. The van der Waals surface area contributed by atoms with E-state index in [1.54, 1.807) is 6.08 Å². The van der Waals surface area contributed by atoms with Crippen molar-refractivity contribution in [2.45, 2.75) is 63.4 Å². The van der Waals surface area contributed by atoms with E-state index in [1.807, 2.05) is 44.2 Å². The van der Waals surface area contributed by atoms with Crippen molar-refractivity contribution in [2.24, 2.45) is 5.92 Å². The van der Waals surface area contributed by atoms with Gasteiger partial charge in [-0.15, -0.1) is 0 Å². The number of fused-ring (bicyclic) bond motifs is 4. The molecule has 0 saturated carbocycles. The lowest BCUT2D eigenvalue weighted by molar-refractivity contribution is -0.201. The van der Waals surface area contributed by atoms with Crippen LogP contribution >= 0.6 is 0 Å². The van der Waals surface area contributed by atoms with Gasteiger partial charge in [0.2, 0.25) is 0 Å². The fraction of sp³-hybridized carbons (Fsp3) is 0.500. The molecule has 138 valence electrons. The second-order valence-corrected chi connectivity index (χ2v) is 8.21. The first-order chi connectivity index (χ1) is 12.3. The molecule has 4 heteroatoms. The highest BCUT2D eigenvalue weighted by molar-refractivity contribution is 5.87. The second-order valence-electron chi connectivity index (χ2n) is 8.21. The predicted molar refractivity (Wildman–Crippen MR) is 99.3 cm³/mol. The van der Waals surface area contributed by atoms with Crippen molar-refractivity contribution in [2.75, 3.05) is 0 Å². The van der Waals surface area contributed by atoms with Crippen molar-refractivity contribution >= 4 is 12.0 Å². The van der Waals surface area contributed by atoms with Crippen molar-refractivity contribution in [3.05, 3.63) is 53.1 Å². The molecule has 1 aromatic carbocycles. The van der Waals surface area contributed by atoms with Crippen molar-refractivity contribution in [3.8, 4) is 0 Å². The van der Waals surface area contributed by atoms with E-state index < -0.39 is 23.4 Å². The molecule has 4 nitrogen and oxygen atoms in total. The Labute approximate surface area is 154 Å². The number of hydrogen-bond acceptors (Lipinski definition) is 4. The van der Waals surface area contributed by atoms with Gasteiger partial charge >= 0.3 is 5.97 Å². The van der Waals surface area contributed by atoms with Gasteiger partial charge in [0, 0.05) is 18.4 Å². The topological polar surface area (TPSA) is 55.8 Å². The van der Waals surface area contributed by atoms with Crippen LogP contribution in [0.15, 0.2) is 47.6 Å². The summed E-state index contributed by atoms with van der Waals surface area (Å²) in [5.41, 5.74) is 2.13. The van der Waals surface area contributed by atoms with E-state index in [2.05, 4.69) is 6.92 Å². The van der Waals surface area contributed by atoms with Gasteiger partial charge in [0.25, 0.3) is 0 Å². The zero-order valence-electron chi connectivity index (χ0n) is 15.6. The molecule has 3 aliphatic rings. The molecule has 2 heterocycles. The summed E-state index contributed by atoms with van der Waals surface area (Å²) in [6, 6.07) is 9.67. The number of ether oxygens (including phenoxy) is 2. The lowest BCUT2D eigenvalue weighted by Gasteiger charge is -2.47. The molecular weight excluding hydrogens is 328 g/mol. The summed E-state index contributed by atoms with van der Waals surface area (Å²) < 4.78 is 12.2. The molecule has 0 amide bonds. The maximum Gasteiger partial charge on any atom is 0.331 e. The molecule has 0 radical (unpaired) electrons. The summed E-state index contributed by atoms with van der Waals surface area (Å²) in [7, 11) is 0. The zero-order valence-corrected chi connectivity index (χ0v) is 15.6. The normalized spacial score (nSPS) is 38.7. The van der Waals surface area contributed by atoms with E-state index in [9.17, 15) is 9.90 Å². The fourth-order valence-corrected chi connectivity index (χ4v) is 5.02. The first-order valence-electron chi connectivity index (χ1n) is 9.35. The van der Waals surface area contributed by atoms with Gasteiger partial charge in [0.05, 0.1) is 11.7 Å². The minimum atomic E-state index is -0.679. The van der Waals surface area contributed by atoms with E-state index in [1.165, 1.54) is 17.2 Å². The lowest BCUT2D eigenvalue weighted by Crippen LogP contribution is -2.55. The van der Waals surface area contributed by atoms with Crippen molar-refractivity contribution < 1.29 is 19.4 Å². The fourth-order valence-electron chi connectivity index (χ4n) is 5.02. The molecule has 5 atom stereocenters. The van der Waals surface area contributed by atoms with Crippen LogP contribution < -0.4 is 0 Å². The third kappa shape index (κ3) is 2.63. The SMILES string of the molecule is CC1=C2C(OC(=O)/C=C/c3ccccc3)C3(C)CC(O)C(C)(O3)C2CC1. The number of allylic oxidation sites excluding steroid dienone is 1. The Morgan fingerprint density at radius 1 is 1.31 bits per heavy atom. The molecule has 26 heavy (non-hydrogen) atoms. The third-order valence-electron chi connectivity index (χ3n) is 6.36. The van der Waals surface area contributed by atoms with Crippen LogP contribution in [-0.2, 0) is 14.3 Å². The van der Waals surface area contributed by atoms with E-state index in [0.717, 1.165) is 18.4 Å². The summed E-state index contributed by atoms with van der Waals surface area (Å²) >= 11 is 0. The predicted octanol–water partition coefficient (Wildman–Crippen LogP) is 3.65. The Kier molecular flexibility index (Phi) is 4.08. The number of hydrogen-bond donors (Lipinski definition) is 1. The van der Waals surface area contributed by atoms with Crippen LogP contribution in [0.3, 0.4) is 0 Å². The average molecular weight is 354 g/mol. The molecule has 1 N–H and O–H groups in total. The number of esters is 1. The Morgan fingerprint density at radius 2 is 2.04 bits per heavy atom. The van der Waals surface area contributed by atoms with Crippen LogP contribution in [0, 0.1) is 5.92 Å². The van der Waals surface area contributed by atoms with Crippen LogP contribution in [0.25, 0.3) is 6.08 Å². The molecule has 4 rings (SSSR count). The van der Waals surface area contributed by atoms with E-state index in [4.69, 9.17) is 9.47 Å². The Balaban J connectivity index is 1.60. The second kappa shape index (κ2) is 6.07. The number of carbonyl (C=O) groups excluding carboxylic acids is 1. The van der Waals surface area contributed by atoms with E-state index in [-0.39, 0.29) is 11.9 Å². The number of rotatable bonds is 3. The van der Waals surface area contributed by atoms with Crippen molar-refractivity contribution in [1.82, 2.24) is 0 Å². The Morgan fingerprint density at radius 3 is 2.77 bits per heavy atom. The average Bonchev–Trinajstić information content (AvgIpc) is 3.08. The largest absolute Gasteiger partial charge is 0.452 e. The van der Waals surface area contributed by atoms with Gasteiger partial charge in [-0.1, -0.05) is 35.9 Å². The molecule has 0 aromatic heterocycles. The van der Waals surface area contributed by atoms with Crippen molar-refractivity contribution in [3.63, 3.8) is 0 Å².